The number of hydrogen-bond donors (Lipinski definition) is 1. The molecule has 5 heteroatoms. The molecule has 0 bridgehead atoms. The molecule has 1 fully saturated rings. The standard InChI is InChI=1S/C9H9BrF2N2/c10-6-2-1-3-14-7(6)8(5-13)4-9(8,11)12/h1-3H,4-5,13H2. The lowest BCUT2D eigenvalue weighted by Gasteiger charge is -2.14. The average Bonchev–Trinajstić information content (AvgIpc) is 2.70. The number of aromatic nitrogens is 1. The molecule has 2 N–H and O–H groups in total. The van der Waals surface area contributed by atoms with E-state index in [1.807, 2.05) is 0 Å². The Balaban J connectivity index is 2.46. The van der Waals surface area contributed by atoms with Crippen molar-refractivity contribution < 1.29 is 8.78 Å². The van der Waals surface area contributed by atoms with Gasteiger partial charge in [0.15, 0.2) is 0 Å². The van der Waals surface area contributed by atoms with Crippen LogP contribution in [0.4, 0.5) is 8.78 Å². The Bertz CT molecular complexity index is 370. The first-order valence-electron chi connectivity index (χ1n) is 4.22. The minimum atomic E-state index is -2.71. The van der Waals surface area contributed by atoms with Gasteiger partial charge in [-0.2, -0.15) is 0 Å². The molecular weight excluding hydrogens is 254 g/mol. The van der Waals surface area contributed by atoms with E-state index in [1.165, 1.54) is 6.20 Å². The molecular formula is C9H9BrF2N2. The summed E-state index contributed by atoms with van der Waals surface area (Å²) < 4.78 is 27.0. The Labute approximate surface area is 88.6 Å². The third-order valence-electron chi connectivity index (χ3n) is 2.66. The lowest BCUT2D eigenvalue weighted by Crippen LogP contribution is -2.28. The summed E-state index contributed by atoms with van der Waals surface area (Å²) in [6.45, 7) is -0.0738. The van der Waals surface area contributed by atoms with Crippen LogP contribution >= 0.6 is 15.9 Å². The molecule has 0 aliphatic heterocycles. The number of nitrogens with zero attached hydrogens (tertiary/aromatic N) is 1. The van der Waals surface area contributed by atoms with Gasteiger partial charge in [-0.3, -0.25) is 4.98 Å². The molecule has 2 rings (SSSR count). The SMILES string of the molecule is NCC1(c2ncccc2Br)CC1(F)F. The van der Waals surface area contributed by atoms with Gasteiger partial charge in [0, 0.05) is 23.6 Å². The molecule has 2 nitrogen and oxygen atoms in total. The molecule has 1 atom stereocenters. The van der Waals surface area contributed by atoms with Crippen LogP contribution < -0.4 is 5.73 Å². The summed E-state index contributed by atoms with van der Waals surface area (Å²) in [7, 11) is 0. The molecule has 0 amide bonds. The van der Waals surface area contributed by atoms with E-state index in [2.05, 4.69) is 20.9 Å². The highest BCUT2D eigenvalue weighted by Crippen LogP contribution is 2.61. The molecule has 1 aromatic heterocycles. The summed E-state index contributed by atoms with van der Waals surface area (Å²) >= 11 is 3.21. The smallest absolute Gasteiger partial charge is 0.261 e. The zero-order valence-electron chi connectivity index (χ0n) is 7.30. The summed E-state index contributed by atoms with van der Waals surface area (Å²) in [5.74, 6) is -2.71. The first kappa shape index (κ1) is 9.98. The van der Waals surface area contributed by atoms with Crippen LogP contribution in [0.1, 0.15) is 12.1 Å². The van der Waals surface area contributed by atoms with Gasteiger partial charge in [-0.05, 0) is 28.1 Å². The quantitative estimate of drug-likeness (QED) is 0.887. The maximum atomic E-state index is 13.2. The van der Waals surface area contributed by atoms with Gasteiger partial charge in [0.1, 0.15) is 0 Å². The molecule has 1 aromatic rings. The molecule has 0 spiro atoms. The fourth-order valence-electron chi connectivity index (χ4n) is 1.65. The van der Waals surface area contributed by atoms with Gasteiger partial charge in [-0.1, -0.05) is 0 Å². The molecule has 0 radical (unpaired) electrons. The van der Waals surface area contributed by atoms with Crippen LogP contribution in [-0.4, -0.2) is 17.5 Å². The first-order chi connectivity index (χ1) is 6.53. The summed E-state index contributed by atoms with van der Waals surface area (Å²) in [5, 5.41) is 0. The van der Waals surface area contributed by atoms with E-state index < -0.39 is 11.3 Å². The predicted molar refractivity (Wildman–Crippen MR) is 52.2 cm³/mol. The number of rotatable bonds is 2. The highest BCUT2D eigenvalue weighted by atomic mass is 79.9. The van der Waals surface area contributed by atoms with E-state index in [4.69, 9.17) is 5.73 Å². The fraction of sp³-hybridized carbons (Fsp3) is 0.444. The number of pyridine rings is 1. The van der Waals surface area contributed by atoms with Gasteiger partial charge < -0.3 is 5.73 Å². The Hall–Kier alpha value is -0.550. The van der Waals surface area contributed by atoms with Crippen molar-refractivity contribution in [2.24, 2.45) is 5.73 Å². The van der Waals surface area contributed by atoms with Crippen molar-refractivity contribution in [3.8, 4) is 0 Å². The van der Waals surface area contributed by atoms with Crippen molar-refractivity contribution in [1.82, 2.24) is 4.98 Å². The molecule has 1 saturated carbocycles. The summed E-state index contributed by atoms with van der Waals surface area (Å²) in [6, 6.07) is 3.40. The van der Waals surface area contributed by atoms with Crippen molar-refractivity contribution in [1.29, 1.82) is 0 Å². The molecule has 1 aliphatic rings. The van der Waals surface area contributed by atoms with Gasteiger partial charge in [0.2, 0.25) is 0 Å². The molecule has 76 valence electrons. The van der Waals surface area contributed by atoms with Gasteiger partial charge in [0.25, 0.3) is 5.92 Å². The van der Waals surface area contributed by atoms with Crippen LogP contribution in [0.3, 0.4) is 0 Å². The van der Waals surface area contributed by atoms with Crippen LogP contribution in [0, 0.1) is 0 Å². The van der Waals surface area contributed by atoms with Crippen LogP contribution in [0.15, 0.2) is 22.8 Å². The second-order valence-corrected chi connectivity index (χ2v) is 4.36. The van der Waals surface area contributed by atoms with E-state index >= 15 is 0 Å². The van der Waals surface area contributed by atoms with Gasteiger partial charge in [-0.25, -0.2) is 8.78 Å². The van der Waals surface area contributed by atoms with Gasteiger partial charge in [-0.15, -0.1) is 0 Å². The Morgan fingerprint density at radius 2 is 2.21 bits per heavy atom. The number of alkyl halides is 2. The molecule has 1 heterocycles. The minimum absolute atomic E-state index is 0.0738. The van der Waals surface area contributed by atoms with E-state index in [9.17, 15) is 8.78 Å². The van der Waals surface area contributed by atoms with Crippen LogP contribution in [0.2, 0.25) is 0 Å². The topological polar surface area (TPSA) is 38.9 Å². The normalized spacial score (nSPS) is 28.9. The lowest BCUT2D eigenvalue weighted by atomic mass is 10.0. The second kappa shape index (κ2) is 2.97. The Morgan fingerprint density at radius 3 is 2.64 bits per heavy atom. The summed E-state index contributed by atoms with van der Waals surface area (Å²) in [6.07, 6.45) is 1.30. The number of nitrogens with two attached hydrogens (primary N) is 1. The van der Waals surface area contributed by atoms with Crippen LogP contribution in [-0.2, 0) is 5.41 Å². The molecule has 0 saturated heterocycles. The van der Waals surface area contributed by atoms with Crippen LogP contribution in [0.25, 0.3) is 0 Å². The van der Waals surface area contributed by atoms with E-state index in [-0.39, 0.29) is 13.0 Å². The fourth-order valence-corrected chi connectivity index (χ4v) is 2.28. The molecule has 14 heavy (non-hydrogen) atoms. The Kier molecular flexibility index (Phi) is 2.12. The lowest BCUT2D eigenvalue weighted by molar-refractivity contribution is 0.0884. The van der Waals surface area contributed by atoms with Crippen molar-refractivity contribution in [2.75, 3.05) is 6.54 Å². The molecule has 1 unspecified atom stereocenters. The van der Waals surface area contributed by atoms with E-state index in [0.29, 0.717) is 10.2 Å². The van der Waals surface area contributed by atoms with Crippen molar-refractivity contribution in [3.63, 3.8) is 0 Å². The minimum Gasteiger partial charge on any atom is -0.329 e. The monoisotopic (exact) mass is 262 g/mol. The Morgan fingerprint density at radius 1 is 1.57 bits per heavy atom. The molecule has 1 aliphatic carbocycles. The second-order valence-electron chi connectivity index (χ2n) is 3.50. The predicted octanol–water partition coefficient (Wildman–Crippen LogP) is 2.08. The van der Waals surface area contributed by atoms with Crippen molar-refractivity contribution in [3.05, 3.63) is 28.5 Å². The summed E-state index contributed by atoms with van der Waals surface area (Å²) in [5.41, 5.74) is 4.53. The average molecular weight is 263 g/mol. The maximum absolute atomic E-state index is 13.2. The highest BCUT2D eigenvalue weighted by molar-refractivity contribution is 9.10. The van der Waals surface area contributed by atoms with Crippen molar-refractivity contribution >= 4 is 15.9 Å². The van der Waals surface area contributed by atoms with Crippen LogP contribution in [0.5, 0.6) is 0 Å². The van der Waals surface area contributed by atoms with E-state index in [0.717, 1.165) is 0 Å². The maximum Gasteiger partial charge on any atom is 0.261 e. The summed E-state index contributed by atoms with van der Waals surface area (Å²) in [4.78, 5) is 3.97. The first-order valence-corrected chi connectivity index (χ1v) is 5.02. The van der Waals surface area contributed by atoms with Gasteiger partial charge >= 0.3 is 0 Å². The third-order valence-corrected chi connectivity index (χ3v) is 3.30. The highest BCUT2D eigenvalue weighted by Gasteiger charge is 2.72. The third kappa shape index (κ3) is 1.19. The zero-order chi connectivity index (χ0) is 10.4. The van der Waals surface area contributed by atoms with Gasteiger partial charge in [0.05, 0.1) is 11.1 Å². The molecule has 0 aromatic carbocycles. The van der Waals surface area contributed by atoms with Crippen molar-refractivity contribution in [2.45, 2.75) is 17.8 Å². The zero-order valence-corrected chi connectivity index (χ0v) is 8.89. The number of hydrogen-bond acceptors (Lipinski definition) is 2. The largest absolute Gasteiger partial charge is 0.329 e. The van der Waals surface area contributed by atoms with E-state index in [1.54, 1.807) is 12.1 Å². The number of halogens is 3.